The number of benzene rings is 1. The van der Waals surface area contributed by atoms with Crippen LogP contribution in [0.15, 0.2) is 48.9 Å². The number of carbonyl (C=O) groups excluding carboxylic acids is 2. The molecule has 0 spiro atoms. The van der Waals surface area contributed by atoms with Gasteiger partial charge in [-0.2, -0.15) is 0 Å². The number of aryl methyl sites for hydroxylation is 1. The zero-order chi connectivity index (χ0) is 23.8. The maximum atomic E-state index is 11.9. The molecule has 0 aliphatic heterocycles. The molecule has 0 saturated carbocycles. The Morgan fingerprint density at radius 1 is 1.12 bits per heavy atom. The van der Waals surface area contributed by atoms with Crippen LogP contribution in [0.5, 0.6) is 0 Å². The zero-order valence-corrected chi connectivity index (χ0v) is 18.2. The van der Waals surface area contributed by atoms with Crippen LogP contribution in [-0.4, -0.2) is 50.6 Å². The number of hydrogen-bond acceptors (Lipinski definition) is 9. The van der Waals surface area contributed by atoms with E-state index in [1.165, 1.54) is 6.92 Å². The van der Waals surface area contributed by atoms with Crippen LogP contribution < -0.4 is 5.73 Å². The molecule has 33 heavy (non-hydrogen) atoms. The average Bonchev–Trinajstić information content (AvgIpc) is 3.27. The molecule has 2 aromatic heterocycles. The number of nitrogens with zero attached hydrogens (tertiary/aromatic N) is 4. The molecule has 172 valence electrons. The first kappa shape index (κ1) is 23.4. The second kappa shape index (κ2) is 10.8. The van der Waals surface area contributed by atoms with E-state index in [2.05, 4.69) is 19.9 Å². The lowest BCUT2D eigenvalue weighted by molar-refractivity contribution is -0.167. The largest absolute Gasteiger partial charge is 0.511 e. The molecule has 0 radical (unpaired) electrons. The van der Waals surface area contributed by atoms with Gasteiger partial charge in [-0.15, -0.1) is 10.2 Å². The molecular weight excluding hydrogens is 428 g/mol. The molecule has 0 amide bonds. The van der Waals surface area contributed by atoms with Gasteiger partial charge in [-0.3, -0.25) is 14.8 Å². The summed E-state index contributed by atoms with van der Waals surface area (Å²) in [7, 11) is 0. The summed E-state index contributed by atoms with van der Waals surface area (Å²) < 4.78 is 16.1. The summed E-state index contributed by atoms with van der Waals surface area (Å²) in [6, 6.07) is 10.8. The van der Waals surface area contributed by atoms with E-state index in [0.717, 1.165) is 5.56 Å². The molecule has 1 atom stereocenters. The topological polar surface area (TPSA) is 155 Å². The minimum absolute atomic E-state index is 0.00618. The van der Waals surface area contributed by atoms with Crippen molar-refractivity contribution in [3.8, 4) is 17.1 Å². The molecule has 0 bridgehead atoms. The van der Waals surface area contributed by atoms with E-state index in [-0.39, 0.29) is 18.9 Å². The van der Waals surface area contributed by atoms with Crippen molar-refractivity contribution in [3.63, 3.8) is 0 Å². The highest BCUT2D eigenvalue weighted by Gasteiger charge is 2.15. The Balaban J connectivity index is 1.54. The van der Waals surface area contributed by atoms with Gasteiger partial charge in [0, 0.05) is 30.7 Å². The van der Waals surface area contributed by atoms with Gasteiger partial charge in [0.05, 0.1) is 24.4 Å². The molecular formula is C22H24N6O5. The molecule has 3 rings (SSSR count). The van der Waals surface area contributed by atoms with E-state index in [9.17, 15) is 9.59 Å². The van der Waals surface area contributed by atoms with E-state index in [4.69, 9.17) is 20.6 Å². The number of carbonyl (C=O) groups is 2. The van der Waals surface area contributed by atoms with Crippen LogP contribution in [0.1, 0.15) is 31.5 Å². The Morgan fingerprint density at radius 3 is 2.52 bits per heavy atom. The number of aromatic nitrogens is 4. The minimum atomic E-state index is -1.04. The van der Waals surface area contributed by atoms with Gasteiger partial charge in [0.15, 0.2) is 5.82 Å². The number of ether oxygens (including phenoxy) is 3. The molecule has 3 aromatic rings. The van der Waals surface area contributed by atoms with E-state index in [1.54, 1.807) is 42.2 Å². The normalized spacial score (nSPS) is 11.5. The fourth-order valence-electron chi connectivity index (χ4n) is 2.84. The van der Waals surface area contributed by atoms with Crippen molar-refractivity contribution in [2.75, 3.05) is 6.61 Å². The maximum Gasteiger partial charge on any atom is 0.511 e. The van der Waals surface area contributed by atoms with Gasteiger partial charge in [0.2, 0.25) is 6.29 Å². The van der Waals surface area contributed by atoms with Crippen LogP contribution in [-0.2, 0) is 25.4 Å². The number of nitrogens with one attached hydrogen (secondary N) is 1. The first-order chi connectivity index (χ1) is 15.9. The third-order valence-corrected chi connectivity index (χ3v) is 4.45. The number of nitrogen functional groups attached to an aromatic ring is 1. The molecule has 3 N–H and O–H groups in total. The van der Waals surface area contributed by atoms with Gasteiger partial charge in [-0.25, -0.2) is 9.78 Å². The summed E-state index contributed by atoms with van der Waals surface area (Å²) >= 11 is 0. The molecule has 2 heterocycles. The molecule has 11 nitrogen and oxygen atoms in total. The second-order valence-corrected chi connectivity index (χ2v) is 6.90. The molecule has 0 fully saturated rings. The highest BCUT2D eigenvalue weighted by atomic mass is 16.8. The van der Waals surface area contributed by atoms with E-state index in [0.29, 0.717) is 29.2 Å². The Labute approximate surface area is 190 Å². The highest BCUT2D eigenvalue weighted by molar-refractivity contribution is 5.95. The lowest BCUT2D eigenvalue weighted by Gasteiger charge is -2.13. The quantitative estimate of drug-likeness (QED) is 0.216. The predicted octanol–water partition coefficient (Wildman–Crippen LogP) is 2.61. The Morgan fingerprint density at radius 2 is 1.88 bits per heavy atom. The summed E-state index contributed by atoms with van der Waals surface area (Å²) in [6.07, 6.45) is 1.80. The van der Waals surface area contributed by atoms with Crippen LogP contribution in [0.2, 0.25) is 0 Å². The molecule has 1 unspecified atom stereocenters. The molecule has 11 heteroatoms. The van der Waals surface area contributed by atoms with E-state index in [1.807, 2.05) is 18.2 Å². The Bertz CT molecular complexity index is 1110. The van der Waals surface area contributed by atoms with Crippen molar-refractivity contribution in [1.82, 2.24) is 19.7 Å². The van der Waals surface area contributed by atoms with Gasteiger partial charge < -0.3 is 19.9 Å². The van der Waals surface area contributed by atoms with Crippen molar-refractivity contribution in [3.05, 3.63) is 60.2 Å². The van der Waals surface area contributed by atoms with Gasteiger partial charge in [-0.1, -0.05) is 24.3 Å². The van der Waals surface area contributed by atoms with Crippen LogP contribution in [0.4, 0.5) is 4.79 Å². The van der Waals surface area contributed by atoms with Crippen LogP contribution in [0, 0.1) is 5.41 Å². The summed E-state index contributed by atoms with van der Waals surface area (Å²) in [6.45, 7) is 3.25. The van der Waals surface area contributed by atoms with Crippen molar-refractivity contribution in [2.45, 2.75) is 33.0 Å². The monoisotopic (exact) mass is 452 g/mol. The predicted molar refractivity (Wildman–Crippen MR) is 118 cm³/mol. The number of esters is 1. The molecule has 0 aliphatic carbocycles. The van der Waals surface area contributed by atoms with Crippen molar-refractivity contribution < 1.29 is 23.8 Å². The average molecular weight is 452 g/mol. The molecule has 1 aromatic carbocycles. The fourth-order valence-corrected chi connectivity index (χ4v) is 2.84. The number of rotatable bonds is 9. The lowest BCUT2D eigenvalue weighted by atomic mass is 10.1. The smallest absolute Gasteiger partial charge is 0.435 e. The summed E-state index contributed by atoms with van der Waals surface area (Å²) in [5, 5.41) is 15.9. The number of imidazole rings is 1. The zero-order valence-electron chi connectivity index (χ0n) is 18.2. The fraction of sp³-hybridized carbons (Fsp3) is 0.273. The van der Waals surface area contributed by atoms with Crippen molar-refractivity contribution in [2.24, 2.45) is 5.73 Å². The van der Waals surface area contributed by atoms with Crippen LogP contribution in [0.3, 0.4) is 0 Å². The lowest BCUT2D eigenvalue weighted by Crippen LogP contribution is -2.22. The first-order valence-electron chi connectivity index (χ1n) is 10.2. The van der Waals surface area contributed by atoms with Gasteiger partial charge in [0.25, 0.3) is 0 Å². The number of amidine groups is 1. The minimum Gasteiger partial charge on any atom is -0.435 e. The Kier molecular flexibility index (Phi) is 7.68. The molecule has 0 aliphatic rings. The first-order valence-corrected chi connectivity index (χ1v) is 10.2. The second-order valence-electron chi connectivity index (χ2n) is 6.90. The van der Waals surface area contributed by atoms with Gasteiger partial charge in [0.1, 0.15) is 12.2 Å². The maximum absolute atomic E-state index is 11.9. The standard InChI is InChI=1S/C22H24N6O5/c1-3-31-22(30)33-14(2)32-20(29)11-8-17-12-28(13-25-17)19-10-9-18(26-27-19)15-4-6-16(7-5-15)21(23)24/h4-7,9-10,12-14H,3,8,11H2,1-2H3,(H3,23,24). The molecule has 0 saturated heterocycles. The van der Waals surface area contributed by atoms with Gasteiger partial charge in [-0.05, 0) is 19.1 Å². The SMILES string of the molecule is CCOC(=O)OC(C)OC(=O)CCc1cn(-c2ccc(-c3ccc(C(=N)N)cc3)nn2)cn1. The summed E-state index contributed by atoms with van der Waals surface area (Å²) in [4.78, 5) is 27.4. The van der Waals surface area contributed by atoms with E-state index >= 15 is 0 Å². The Hall–Kier alpha value is -4.28. The van der Waals surface area contributed by atoms with Gasteiger partial charge >= 0.3 is 12.1 Å². The van der Waals surface area contributed by atoms with Crippen LogP contribution in [0.25, 0.3) is 17.1 Å². The van der Waals surface area contributed by atoms with Crippen molar-refractivity contribution in [1.29, 1.82) is 5.41 Å². The number of hydrogen-bond donors (Lipinski definition) is 2. The third kappa shape index (κ3) is 6.60. The summed E-state index contributed by atoms with van der Waals surface area (Å²) in [5.41, 5.74) is 8.30. The summed E-state index contributed by atoms with van der Waals surface area (Å²) in [5.74, 6) is 0.0462. The van der Waals surface area contributed by atoms with Crippen LogP contribution >= 0.6 is 0 Å². The number of nitrogens with two attached hydrogens (primary N) is 1. The van der Waals surface area contributed by atoms with Crippen molar-refractivity contribution >= 4 is 18.0 Å². The third-order valence-electron chi connectivity index (χ3n) is 4.45. The highest BCUT2D eigenvalue weighted by Crippen LogP contribution is 2.18. The van der Waals surface area contributed by atoms with E-state index < -0.39 is 18.4 Å².